The lowest BCUT2D eigenvalue weighted by atomic mass is 10.0. The Bertz CT molecular complexity index is 896. The second-order valence-corrected chi connectivity index (χ2v) is 8.35. The Morgan fingerprint density at radius 1 is 1.18 bits per heavy atom. The van der Waals surface area contributed by atoms with Crippen molar-refractivity contribution in [1.82, 2.24) is 4.98 Å². The first-order valence-electron chi connectivity index (χ1n) is 9.42. The minimum absolute atomic E-state index is 0.209. The highest BCUT2D eigenvalue weighted by Crippen LogP contribution is 2.25. The topological polar surface area (TPSA) is 37.4 Å². The van der Waals surface area contributed by atoms with E-state index in [0.29, 0.717) is 0 Å². The van der Waals surface area contributed by atoms with Crippen LogP contribution in [-0.4, -0.2) is 35.6 Å². The minimum Gasteiger partial charge on any atom is -0.489 e. The Hall–Kier alpha value is -2.18. The van der Waals surface area contributed by atoms with Crippen LogP contribution in [0.25, 0.3) is 0 Å². The number of rotatable bonds is 6. The SMILES string of the molecule is S=C1CC=C(Br)C=C1CNc1ccc(OC2CCN(c3ccncc3)C2)cc1. The first kappa shape index (κ1) is 19.2. The number of aromatic nitrogens is 1. The van der Waals surface area contributed by atoms with E-state index in [4.69, 9.17) is 17.0 Å². The molecule has 0 radical (unpaired) electrons. The molecule has 0 amide bonds. The zero-order valence-electron chi connectivity index (χ0n) is 15.5. The van der Waals surface area contributed by atoms with Crippen LogP contribution in [0.2, 0.25) is 0 Å². The molecule has 4 nitrogen and oxygen atoms in total. The summed E-state index contributed by atoms with van der Waals surface area (Å²) in [5.41, 5.74) is 3.43. The Balaban J connectivity index is 1.29. The van der Waals surface area contributed by atoms with Crippen LogP contribution in [0.5, 0.6) is 5.75 Å². The summed E-state index contributed by atoms with van der Waals surface area (Å²) in [5.74, 6) is 0.908. The number of hydrogen-bond acceptors (Lipinski definition) is 5. The quantitative estimate of drug-likeness (QED) is 0.610. The molecule has 6 heteroatoms. The van der Waals surface area contributed by atoms with E-state index in [9.17, 15) is 0 Å². The number of nitrogens with zero attached hydrogens (tertiary/aromatic N) is 2. The van der Waals surface area contributed by atoms with Crippen LogP contribution >= 0.6 is 28.1 Å². The molecule has 1 aliphatic carbocycles. The van der Waals surface area contributed by atoms with E-state index >= 15 is 0 Å². The fraction of sp³-hybridized carbons (Fsp3) is 0.273. The maximum absolute atomic E-state index is 6.18. The largest absolute Gasteiger partial charge is 0.489 e. The van der Waals surface area contributed by atoms with Gasteiger partial charge >= 0.3 is 0 Å². The van der Waals surface area contributed by atoms with E-state index in [1.165, 1.54) is 5.69 Å². The van der Waals surface area contributed by atoms with Crippen molar-refractivity contribution in [2.75, 3.05) is 29.9 Å². The second kappa shape index (κ2) is 8.88. The number of ether oxygens (including phenoxy) is 1. The highest BCUT2D eigenvalue weighted by atomic mass is 79.9. The molecule has 2 heterocycles. The number of anilines is 2. The number of thiocarbonyl (C=S) groups is 1. The average molecular weight is 456 g/mol. The van der Waals surface area contributed by atoms with Gasteiger partial charge < -0.3 is 15.0 Å². The van der Waals surface area contributed by atoms with Crippen LogP contribution in [0.3, 0.4) is 0 Å². The van der Waals surface area contributed by atoms with Crippen molar-refractivity contribution in [1.29, 1.82) is 0 Å². The van der Waals surface area contributed by atoms with Crippen molar-refractivity contribution in [3.05, 3.63) is 71.0 Å². The first-order chi connectivity index (χ1) is 13.7. The van der Waals surface area contributed by atoms with Gasteiger partial charge in [-0.2, -0.15) is 0 Å². The Kier molecular flexibility index (Phi) is 6.07. The van der Waals surface area contributed by atoms with Gasteiger partial charge in [-0.3, -0.25) is 4.98 Å². The van der Waals surface area contributed by atoms with Crippen LogP contribution < -0.4 is 15.0 Å². The first-order valence-corrected chi connectivity index (χ1v) is 10.6. The lowest BCUT2D eigenvalue weighted by Gasteiger charge is -2.19. The van der Waals surface area contributed by atoms with E-state index in [1.54, 1.807) is 0 Å². The molecule has 1 aromatic carbocycles. The van der Waals surface area contributed by atoms with Gasteiger partial charge in [0.1, 0.15) is 11.9 Å². The number of hydrogen-bond donors (Lipinski definition) is 1. The average Bonchev–Trinajstić information content (AvgIpc) is 3.19. The van der Waals surface area contributed by atoms with Gasteiger partial charge in [0, 0.05) is 59.0 Å². The molecule has 1 unspecified atom stereocenters. The molecule has 1 fully saturated rings. The molecular formula is C22H22BrN3OS. The predicted molar refractivity (Wildman–Crippen MR) is 123 cm³/mol. The van der Waals surface area contributed by atoms with Crippen molar-refractivity contribution in [3.63, 3.8) is 0 Å². The third-order valence-corrected chi connectivity index (χ3v) is 5.95. The number of nitrogens with one attached hydrogen (secondary N) is 1. The van der Waals surface area contributed by atoms with Crippen LogP contribution in [0.15, 0.2) is 71.0 Å². The summed E-state index contributed by atoms with van der Waals surface area (Å²) in [4.78, 5) is 7.42. The van der Waals surface area contributed by atoms with Crippen LogP contribution in [-0.2, 0) is 0 Å². The standard InChI is InChI=1S/C22H22BrN3OS/c23-17-1-6-22(28)16(13-17)14-25-18-2-4-20(5-3-18)27-21-9-12-26(15-21)19-7-10-24-11-8-19/h1-5,7-8,10-11,13,21,25H,6,9,12,14-15H2. The summed E-state index contributed by atoms with van der Waals surface area (Å²) in [7, 11) is 0. The molecule has 28 heavy (non-hydrogen) atoms. The predicted octanol–water partition coefficient (Wildman–Crippen LogP) is 5.13. The molecule has 4 rings (SSSR count). The maximum Gasteiger partial charge on any atom is 0.119 e. The summed E-state index contributed by atoms with van der Waals surface area (Å²) in [6.45, 7) is 2.64. The lowest BCUT2D eigenvalue weighted by molar-refractivity contribution is 0.225. The lowest BCUT2D eigenvalue weighted by Crippen LogP contribution is -2.24. The normalized spacial score (nSPS) is 19.2. The molecule has 1 N–H and O–H groups in total. The van der Waals surface area contributed by atoms with Gasteiger partial charge in [-0.1, -0.05) is 34.2 Å². The van der Waals surface area contributed by atoms with Crippen molar-refractivity contribution in [2.45, 2.75) is 18.9 Å². The Morgan fingerprint density at radius 3 is 2.75 bits per heavy atom. The van der Waals surface area contributed by atoms with Gasteiger partial charge in [0.25, 0.3) is 0 Å². The summed E-state index contributed by atoms with van der Waals surface area (Å²) in [5, 5.41) is 3.44. The van der Waals surface area contributed by atoms with E-state index in [1.807, 2.05) is 36.7 Å². The Labute approximate surface area is 179 Å². The van der Waals surface area contributed by atoms with E-state index in [-0.39, 0.29) is 6.10 Å². The van der Waals surface area contributed by atoms with Crippen LogP contribution in [0, 0.1) is 0 Å². The van der Waals surface area contributed by atoms with Gasteiger partial charge in [-0.15, -0.1) is 0 Å². The highest BCUT2D eigenvalue weighted by molar-refractivity contribution is 9.11. The molecular weight excluding hydrogens is 434 g/mol. The van der Waals surface area contributed by atoms with Gasteiger partial charge in [-0.25, -0.2) is 0 Å². The molecule has 1 aromatic heterocycles. The summed E-state index contributed by atoms with van der Waals surface area (Å²) < 4.78 is 7.27. The molecule has 0 saturated carbocycles. The third-order valence-electron chi connectivity index (χ3n) is 4.97. The molecule has 2 aliphatic rings. The van der Waals surface area contributed by atoms with Gasteiger partial charge in [0.15, 0.2) is 0 Å². The molecule has 0 spiro atoms. The second-order valence-electron chi connectivity index (χ2n) is 6.94. The third kappa shape index (κ3) is 4.80. The smallest absolute Gasteiger partial charge is 0.119 e. The fourth-order valence-electron chi connectivity index (χ4n) is 3.43. The van der Waals surface area contributed by atoms with Gasteiger partial charge in [0.2, 0.25) is 0 Å². The molecule has 1 saturated heterocycles. The van der Waals surface area contributed by atoms with Crippen molar-refractivity contribution >= 4 is 44.4 Å². The van der Waals surface area contributed by atoms with E-state index in [0.717, 1.165) is 58.8 Å². The van der Waals surface area contributed by atoms with E-state index < -0.39 is 0 Å². The fourth-order valence-corrected chi connectivity index (χ4v) is 4.08. The summed E-state index contributed by atoms with van der Waals surface area (Å²) in [6.07, 6.45) is 9.91. The summed E-state index contributed by atoms with van der Waals surface area (Å²) in [6, 6.07) is 12.3. The van der Waals surface area contributed by atoms with Crippen LogP contribution in [0.1, 0.15) is 12.8 Å². The van der Waals surface area contributed by atoms with Gasteiger partial charge in [-0.05, 0) is 48.0 Å². The number of pyridine rings is 1. The molecule has 1 atom stereocenters. The van der Waals surface area contributed by atoms with Crippen molar-refractivity contribution < 1.29 is 4.74 Å². The minimum atomic E-state index is 0.209. The molecule has 1 aliphatic heterocycles. The molecule has 2 aromatic rings. The Morgan fingerprint density at radius 2 is 1.96 bits per heavy atom. The number of halogens is 1. The van der Waals surface area contributed by atoms with E-state index in [2.05, 4.69) is 55.4 Å². The number of allylic oxidation sites excluding steroid dienone is 3. The monoisotopic (exact) mass is 455 g/mol. The summed E-state index contributed by atoms with van der Waals surface area (Å²) >= 11 is 8.97. The maximum atomic E-state index is 6.18. The van der Waals surface area contributed by atoms with Crippen LogP contribution in [0.4, 0.5) is 11.4 Å². The number of benzene rings is 1. The van der Waals surface area contributed by atoms with Crippen molar-refractivity contribution in [3.8, 4) is 5.75 Å². The zero-order valence-corrected chi connectivity index (χ0v) is 17.9. The highest BCUT2D eigenvalue weighted by Gasteiger charge is 2.24. The molecule has 0 bridgehead atoms. The zero-order chi connectivity index (χ0) is 19.3. The van der Waals surface area contributed by atoms with Crippen molar-refractivity contribution in [2.24, 2.45) is 0 Å². The molecule has 144 valence electrons. The van der Waals surface area contributed by atoms with Gasteiger partial charge in [0.05, 0.1) is 6.54 Å².